The number of aliphatic carboxylic acids is 1. The van der Waals surface area contributed by atoms with Crippen LogP contribution in [0.5, 0.6) is 0 Å². The van der Waals surface area contributed by atoms with E-state index < -0.39 is 33.8 Å². The largest absolute Gasteiger partial charge is 0.480 e. The Morgan fingerprint density at radius 1 is 1.15 bits per heavy atom. The van der Waals surface area contributed by atoms with Crippen molar-refractivity contribution in [3.8, 4) is 10.4 Å². The first-order valence-electron chi connectivity index (χ1n) is 9.48. The van der Waals surface area contributed by atoms with Crippen LogP contribution >= 0.6 is 11.3 Å². The van der Waals surface area contributed by atoms with Crippen molar-refractivity contribution in [1.82, 2.24) is 14.7 Å². The number of carboxylic acid groups (broad SMARTS) is 1. The van der Waals surface area contributed by atoms with Crippen LogP contribution < -0.4 is 4.72 Å². The van der Waals surface area contributed by atoms with Gasteiger partial charge >= 0.3 is 12.1 Å². The lowest BCUT2D eigenvalue weighted by atomic mass is 10.1. The molecule has 3 aromatic heterocycles. The third-order valence-electron chi connectivity index (χ3n) is 4.90. The van der Waals surface area contributed by atoms with Crippen molar-refractivity contribution in [1.29, 1.82) is 0 Å². The predicted octanol–water partition coefficient (Wildman–Crippen LogP) is 4.28. The van der Waals surface area contributed by atoms with E-state index in [0.29, 0.717) is 27.0 Å². The van der Waals surface area contributed by atoms with Gasteiger partial charge in [0, 0.05) is 29.1 Å². The molecule has 12 heteroatoms. The van der Waals surface area contributed by atoms with Crippen LogP contribution in [0.1, 0.15) is 11.1 Å². The van der Waals surface area contributed by atoms with Crippen molar-refractivity contribution in [2.75, 3.05) is 0 Å². The lowest BCUT2D eigenvalue weighted by molar-refractivity contribution is -0.139. The first-order chi connectivity index (χ1) is 15.5. The van der Waals surface area contributed by atoms with Crippen LogP contribution in [0, 0.1) is 0 Å². The Labute approximate surface area is 190 Å². The molecule has 0 bridgehead atoms. The zero-order chi connectivity index (χ0) is 23.8. The SMILES string of the molecule is O=C(O)[C@@H](Cc1c[nH]c2ncccc12)NS(=O)(=O)c1ccc(-c2ccc(C(F)(F)F)cc2)s1. The Morgan fingerprint density at radius 3 is 2.55 bits per heavy atom. The van der Waals surface area contributed by atoms with Gasteiger partial charge in [-0.25, -0.2) is 13.4 Å². The monoisotopic (exact) mass is 495 g/mol. The minimum absolute atomic E-state index is 0.114. The summed E-state index contributed by atoms with van der Waals surface area (Å²) in [7, 11) is -4.20. The minimum atomic E-state index is -4.47. The number of thiophene rings is 1. The van der Waals surface area contributed by atoms with E-state index in [-0.39, 0.29) is 10.6 Å². The van der Waals surface area contributed by atoms with Gasteiger partial charge in [0.2, 0.25) is 0 Å². The normalized spacial score (nSPS) is 13.3. The average Bonchev–Trinajstić information content (AvgIpc) is 3.41. The highest BCUT2D eigenvalue weighted by Gasteiger charge is 2.30. The highest BCUT2D eigenvalue weighted by molar-refractivity contribution is 7.91. The lowest BCUT2D eigenvalue weighted by Gasteiger charge is -2.13. The Bertz CT molecular complexity index is 1410. The van der Waals surface area contributed by atoms with Gasteiger partial charge < -0.3 is 10.1 Å². The van der Waals surface area contributed by atoms with Crippen LogP contribution in [0.4, 0.5) is 13.2 Å². The van der Waals surface area contributed by atoms with E-state index in [1.165, 1.54) is 24.3 Å². The summed E-state index contributed by atoms with van der Waals surface area (Å²) in [5.41, 5.74) is 0.744. The number of alkyl halides is 3. The van der Waals surface area contributed by atoms with Gasteiger partial charge in [-0.2, -0.15) is 17.9 Å². The molecule has 0 spiro atoms. The second kappa shape index (κ2) is 8.61. The van der Waals surface area contributed by atoms with Crippen molar-refractivity contribution in [3.63, 3.8) is 0 Å². The summed E-state index contributed by atoms with van der Waals surface area (Å²) in [6.45, 7) is 0. The molecule has 3 N–H and O–H groups in total. The number of hydrogen-bond donors (Lipinski definition) is 3. The topological polar surface area (TPSA) is 112 Å². The first kappa shape index (κ1) is 23.0. The van der Waals surface area contributed by atoms with Crippen LogP contribution in [0.15, 0.2) is 65.1 Å². The zero-order valence-electron chi connectivity index (χ0n) is 16.6. The van der Waals surface area contributed by atoms with Crippen molar-refractivity contribution in [2.24, 2.45) is 0 Å². The highest BCUT2D eigenvalue weighted by Crippen LogP contribution is 2.34. The summed E-state index contributed by atoms with van der Waals surface area (Å²) in [5, 5.41) is 10.3. The van der Waals surface area contributed by atoms with Crippen molar-refractivity contribution in [2.45, 2.75) is 22.8 Å². The fourth-order valence-corrected chi connectivity index (χ4v) is 5.79. The van der Waals surface area contributed by atoms with Crippen molar-refractivity contribution >= 4 is 38.4 Å². The van der Waals surface area contributed by atoms with E-state index in [4.69, 9.17) is 0 Å². The summed E-state index contributed by atoms with van der Waals surface area (Å²) in [6.07, 6.45) is -1.43. The fraction of sp³-hybridized carbons (Fsp3) is 0.143. The van der Waals surface area contributed by atoms with Crippen molar-refractivity contribution in [3.05, 3.63) is 72.1 Å². The van der Waals surface area contributed by atoms with Gasteiger partial charge in [0.05, 0.1) is 5.56 Å². The van der Waals surface area contributed by atoms with E-state index in [2.05, 4.69) is 14.7 Å². The van der Waals surface area contributed by atoms with Gasteiger partial charge in [0.1, 0.15) is 15.9 Å². The third-order valence-corrected chi connectivity index (χ3v) is 8.00. The number of nitrogens with one attached hydrogen (secondary N) is 2. The van der Waals surface area contributed by atoms with E-state index in [1.54, 1.807) is 24.5 Å². The van der Waals surface area contributed by atoms with Crippen LogP contribution in [0.3, 0.4) is 0 Å². The number of rotatable bonds is 7. The Kier molecular flexibility index (Phi) is 5.99. The third kappa shape index (κ3) is 4.92. The molecule has 7 nitrogen and oxygen atoms in total. The van der Waals surface area contributed by atoms with E-state index in [9.17, 15) is 31.5 Å². The number of aromatic amines is 1. The molecule has 0 amide bonds. The number of fused-ring (bicyclic) bond motifs is 1. The van der Waals surface area contributed by atoms with Crippen LogP contribution in [0.25, 0.3) is 21.5 Å². The second-order valence-electron chi connectivity index (χ2n) is 7.12. The van der Waals surface area contributed by atoms with Gasteiger partial charge in [-0.1, -0.05) is 12.1 Å². The van der Waals surface area contributed by atoms with Gasteiger partial charge in [0.25, 0.3) is 10.0 Å². The average molecular weight is 496 g/mol. The van der Waals surface area contributed by atoms with E-state index >= 15 is 0 Å². The predicted molar refractivity (Wildman–Crippen MR) is 116 cm³/mol. The molecule has 172 valence electrons. The summed E-state index contributed by atoms with van der Waals surface area (Å²) in [4.78, 5) is 19.2. The molecular formula is C21H16F3N3O4S2. The van der Waals surface area contributed by atoms with Gasteiger partial charge in [-0.05, 0) is 47.5 Å². The number of nitrogens with zero attached hydrogens (tertiary/aromatic N) is 1. The molecule has 3 heterocycles. The molecule has 0 saturated heterocycles. The second-order valence-corrected chi connectivity index (χ2v) is 10.1. The first-order valence-corrected chi connectivity index (χ1v) is 11.8. The number of carbonyl (C=O) groups is 1. The highest BCUT2D eigenvalue weighted by atomic mass is 32.2. The molecule has 33 heavy (non-hydrogen) atoms. The fourth-order valence-electron chi connectivity index (χ4n) is 3.27. The molecule has 0 aliphatic heterocycles. The Hall–Kier alpha value is -3.22. The molecule has 1 aromatic carbocycles. The van der Waals surface area contributed by atoms with Gasteiger partial charge in [0.15, 0.2) is 0 Å². The summed E-state index contributed by atoms with van der Waals surface area (Å²) in [6, 6.07) is 9.08. The Balaban J connectivity index is 1.55. The maximum absolute atomic E-state index is 12.8. The molecule has 0 aliphatic rings. The smallest absolute Gasteiger partial charge is 0.416 e. The molecule has 0 radical (unpaired) electrons. The molecular weight excluding hydrogens is 479 g/mol. The van der Waals surface area contributed by atoms with Gasteiger partial charge in [-0.15, -0.1) is 11.3 Å². The number of aromatic nitrogens is 2. The molecule has 0 aliphatic carbocycles. The number of sulfonamides is 1. The minimum Gasteiger partial charge on any atom is -0.480 e. The number of H-pyrrole nitrogens is 1. The molecule has 1 atom stereocenters. The van der Waals surface area contributed by atoms with E-state index in [1.807, 2.05) is 0 Å². The van der Waals surface area contributed by atoms with Gasteiger partial charge in [-0.3, -0.25) is 4.79 Å². The summed E-state index contributed by atoms with van der Waals surface area (Å²) >= 11 is 0.830. The summed E-state index contributed by atoms with van der Waals surface area (Å²) in [5.74, 6) is -1.35. The quantitative estimate of drug-likeness (QED) is 0.354. The number of carboxylic acids is 1. The number of hydrogen-bond acceptors (Lipinski definition) is 5. The lowest BCUT2D eigenvalue weighted by Crippen LogP contribution is -2.41. The number of pyridine rings is 1. The maximum Gasteiger partial charge on any atom is 0.416 e. The van der Waals surface area contributed by atoms with Crippen LogP contribution in [-0.2, 0) is 27.4 Å². The summed E-state index contributed by atoms with van der Waals surface area (Å²) < 4.78 is 66.0. The molecule has 4 rings (SSSR count). The van der Waals surface area contributed by atoms with Crippen LogP contribution in [0.2, 0.25) is 0 Å². The molecule has 4 aromatic rings. The standard InChI is InChI=1S/C21H16F3N3O4S2/c22-21(23,24)14-5-3-12(4-6-14)17-7-8-18(32-17)33(30,31)27-16(20(28)29)10-13-11-26-19-15(13)2-1-9-25-19/h1-9,11,16,27H,10H2,(H,25,26)(H,28,29)/t16-/m1/s1. The Morgan fingerprint density at radius 2 is 1.88 bits per heavy atom. The van der Waals surface area contributed by atoms with Crippen LogP contribution in [-0.4, -0.2) is 35.5 Å². The molecule has 0 unspecified atom stereocenters. The molecule has 0 fully saturated rings. The number of halogens is 3. The molecule has 0 saturated carbocycles. The van der Waals surface area contributed by atoms with Crippen molar-refractivity contribution < 1.29 is 31.5 Å². The maximum atomic E-state index is 12.8. The zero-order valence-corrected chi connectivity index (χ0v) is 18.3. The van der Waals surface area contributed by atoms with E-state index in [0.717, 1.165) is 23.5 Å². The number of benzene rings is 1.